The van der Waals surface area contributed by atoms with Gasteiger partial charge in [-0.2, -0.15) is 13.2 Å². The summed E-state index contributed by atoms with van der Waals surface area (Å²) >= 11 is 1.26. The van der Waals surface area contributed by atoms with Crippen LogP contribution in [0, 0.1) is 6.92 Å². The number of aliphatic hydroxyl groups is 1. The van der Waals surface area contributed by atoms with E-state index in [0.717, 1.165) is 22.6 Å². The molecule has 3 aromatic rings. The highest BCUT2D eigenvalue weighted by molar-refractivity contribution is 7.10. The lowest BCUT2D eigenvalue weighted by atomic mass is 9.97. The van der Waals surface area contributed by atoms with Crippen LogP contribution in [0.5, 0.6) is 5.75 Å². The number of rotatable bonds is 3. The number of anilines is 2. The number of alkyl halides is 3. The van der Waals surface area contributed by atoms with Crippen molar-refractivity contribution in [2.45, 2.75) is 19.1 Å². The Morgan fingerprint density at radius 2 is 1.92 bits per heavy atom. The molecule has 1 aromatic heterocycles. The molecule has 2 aromatic carbocycles. The smallest absolute Gasteiger partial charge is 0.416 e. The number of carbonyl (C=O) groups excluding carboxylic acids is 2. The van der Waals surface area contributed by atoms with Crippen molar-refractivity contribution in [3.63, 3.8) is 0 Å². The highest BCUT2D eigenvalue weighted by Gasteiger charge is 2.48. The van der Waals surface area contributed by atoms with E-state index in [4.69, 9.17) is 4.74 Å². The Bertz CT molecular complexity index is 1410. The van der Waals surface area contributed by atoms with Crippen LogP contribution in [0.4, 0.5) is 24.5 Å². The first-order chi connectivity index (χ1) is 17.1. The molecule has 2 aliphatic rings. The molecule has 0 saturated carbocycles. The first kappa shape index (κ1) is 23.9. The summed E-state index contributed by atoms with van der Waals surface area (Å²) < 4.78 is 45.9. The third-order valence-corrected chi connectivity index (χ3v) is 7.45. The summed E-state index contributed by atoms with van der Waals surface area (Å²) in [7, 11) is 1.87. The largest absolute Gasteiger partial charge is 0.507 e. The number of thiophene rings is 1. The van der Waals surface area contributed by atoms with Gasteiger partial charge in [0.1, 0.15) is 24.2 Å². The Hall–Kier alpha value is -3.79. The van der Waals surface area contributed by atoms with E-state index < -0.39 is 35.2 Å². The van der Waals surface area contributed by atoms with E-state index in [1.54, 1.807) is 36.6 Å². The summed E-state index contributed by atoms with van der Waals surface area (Å²) in [6, 6.07) is 9.91. The van der Waals surface area contributed by atoms with Crippen molar-refractivity contribution < 1.29 is 32.6 Å². The van der Waals surface area contributed by atoms with Crippen LogP contribution in [0.15, 0.2) is 59.5 Å². The predicted molar refractivity (Wildman–Crippen MR) is 130 cm³/mol. The average Bonchev–Trinajstić information content (AvgIpc) is 3.38. The second kappa shape index (κ2) is 8.70. The van der Waals surface area contributed by atoms with Crippen molar-refractivity contribution in [3.8, 4) is 5.75 Å². The number of fused-ring (bicyclic) bond motifs is 1. The molecule has 1 saturated heterocycles. The average molecular weight is 515 g/mol. The van der Waals surface area contributed by atoms with Crippen molar-refractivity contribution in [2.75, 3.05) is 30.0 Å². The molecular formula is C26H21F3N2O4S. The number of ether oxygens (including phenoxy) is 1. The molecule has 0 radical (unpaired) electrons. The number of amides is 1. The fraction of sp³-hybridized carbons (Fsp3) is 0.231. The molecule has 1 unspecified atom stereocenters. The summed E-state index contributed by atoms with van der Waals surface area (Å²) in [6.07, 6.45) is -4.63. The number of halogens is 3. The number of nitrogens with zero attached hydrogens (tertiary/aromatic N) is 2. The molecule has 0 aliphatic carbocycles. The molecule has 0 spiro atoms. The van der Waals surface area contributed by atoms with E-state index in [1.807, 2.05) is 11.9 Å². The first-order valence-electron chi connectivity index (χ1n) is 11.1. The van der Waals surface area contributed by atoms with Crippen molar-refractivity contribution in [3.05, 3.63) is 81.1 Å². The lowest BCUT2D eigenvalue weighted by Crippen LogP contribution is -2.29. The molecule has 1 atom stereocenters. The zero-order valence-electron chi connectivity index (χ0n) is 19.3. The SMILES string of the molecule is Cc1ccsc1C1/C(=C(/O)c2ccc3c(c2)N(C)CCO3)C(=O)C(=O)N1c1cccc(C(F)(F)F)c1. The van der Waals surface area contributed by atoms with Crippen molar-refractivity contribution >= 4 is 40.2 Å². The van der Waals surface area contributed by atoms with Crippen molar-refractivity contribution in [1.82, 2.24) is 0 Å². The maximum Gasteiger partial charge on any atom is 0.416 e. The molecule has 1 N–H and O–H groups in total. The van der Waals surface area contributed by atoms with Crippen molar-refractivity contribution in [1.29, 1.82) is 0 Å². The lowest BCUT2D eigenvalue weighted by molar-refractivity contribution is -0.137. The molecule has 0 bridgehead atoms. The fourth-order valence-corrected chi connectivity index (χ4v) is 5.52. The maximum atomic E-state index is 13.4. The summed E-state index contributed by atoms with van der Waals surface area (Å²) in [5.41, 5.74) is 0.549. The summed E-state index contributed by atoms with van der Waals surface area (Å²) in [5, 5.41) is 13.1. The number of carbonyl (C=O) groups is 2. The number of aryl methyl sites for hydroxylation is 1. The Morgan fingerprint density at radius 3 is 2.61 bits per heavy atom. The fourth-order valence-electron chi connectivity index (χ4n) is 4.50. The minimum Gasteiger partial charge on any atom is -0.507 e. The molecule has 36 heavy (non-hydrogen) atoms. The molecule has 186 valence electrons. The molecule has 10 heteroatoms. The second-order valence-corrected chi connectivity index (χ2v) is 9.59. The van der Waals surface area contributed by atoms with Crippen LogP contribution in [0.1, 0.15) is 27.6 Å². The van der Waals surface area contributed by atoms with Crippen LogP contribution in [0.2, 0.25) is 0 Å². The van der Waals surface area contributed by atoms with Gasteiger partial charge in [0, 0.05) is 23.2 Å². The minimum atomic E-state index is -4.63. The first-order valence-corrected chi connectivity index (χ1v) is 12.0. The molecule has 3 heterocycles. The zero-order chi connectivity index (χ0) is 25.8. The molecule has 5 rings (SSSR count). The molecule has 2 aliphatic heterocycles. The third-order valence-electron chi connectivity index (χ3n) is 6.37. The quantitative estimate of drug-likeness (QED) is 0.283. The topological polar surface area (TPSA) is 70.1 Å². The lowest BCUT2D eigenvalue weighted by Gasteiger charge is -2.28. The number of hydrogen-bond acceptors (Lipinski definition) is 6. The van der Waals surface area contributed by atoms with Crippen LogP contribution in [-0.2, 0) is 15.8 Å². The number of aliphatic hydroxyl groups excluding tert-OH is 1. The minimum absolute atomic E-state index is 0.0812. The van der Waals surface area contributed by atoms with E-state index >= 15 is 0 Å². The van der Waals surface area contributed by atoms with Crippen LogP contribution < -0.4 is 14.5 Å². The third kappa shape index (κ3) is 3.91. The van der Waals surface area contributed by atoms with Gasteiger partial charge in [-0.15, -0.1) is 11.3 Å². The van der Waals surface area contributed by atoms with Gasteiger partial charge >= 0.3 is 6.18 Å². The van der Waals surface area contributed by atoms with Crippen LogP contribution in [0.3, 0.4) is 0 Å². The number of Topliss-reactive ketones (excluding diaryl/α,β-unsaturated/α-hetero) is 1. The Labute approximate surface area is 208 Å². The molecule has 1 amide bonds. The van der Waals surface area contributed by atoms with Crippen molar-refractivity contribution in [2.24, 2.45) is 0 Å². The Kier molecular flexibility index (Phi) is 5.78. The van der Waals surface area contributed by atoms with E-state index in [1.165, 1.54) is 23.5 Å². The molecule has 1 fully saturated rings. The van der Waals surface area contributed by atoms with Gasteiger partial charge in [-0.25, -0.2) is 0 Å². The van der Waals surface area contributed by atoms with Crippen LogP contribution >= 0.6 is 11.3 Å². The Morgan fingerprint density at radius 1 is 1.14 bits per heavy atom. The maximum absolute atomic E-state index is 13.4. The van der Waals surface area contributed by atoms with Gasteiger partial charge in [0.05, 0.1) is 23.4 Å². The molecular weight excluding hydrogens is 493 g/mol. The summed E-state index contributed by atoms with van der Waals surface area (Å²) in [6.45, 7) is 2.92. The summed E-state index contributed by atoms with van der Waals surface area (Å²) in [4.78, 5) is 30.1. The molecule has 6 nitrogen and oxygen atoms in total. The van der Waals surface area contributed by atoms with Gasteiger partial charge in [0.15, 0.2) is 0 Å². The summed E-state index contributed by atoms with van der Waals surface area (Å²) in [5.74, 6) is -1.75. The van der Waals surface area contributed by atoms with Gasteiger partial charge < -0.3 is 14.7 Å². The van der Waals surface area contributed by atoms with Gasteiger partial charge in [-0.3, -0.25) is 14.5 Å². The monoisotopic (exact) mass is 514 g/mol. The normalized spacial score (nSPS) is 19.4. The predicted octanol–water partition coefficient (Wildman–Crippen LogP) is 5.53. The van der Waals surface area contributed by atoms with E-state index in [2.05, 4.69) is 0 Å². The van der Waals surface area contributed by atoms with E-state index in [0.29, 0.717) is 35.0 Å². The number of benzene rings is 2. The van der Waals surface area contributed by atoms with Gasteiger partial charge in [-0.05, 0) is 60.3 Å². The van der Waals surface area contributed by atoms with Crippen LogP contribution in [0.25, 0.3) is 5.76 Å². The van der Waals surface area contributed by atoms with E-state index in [-0.39, 0.29) is 11.3 Å². The number of hydrogen-bond donors (Lipinski definition) is 1. The number of likely N-dealkylation sites (N-methyl/N-ethyl adjacent to an activating group) is 1. The van der Waals surface area contributed by atoms with Gasteiger partial charge in [0.2, 0.25) is 0 Å². The van der Waals surface area contributed by atoms with Crippen LogP contribution in [-0.4, -0.2) is 37.0 Å². The van der Waals surface area contributed by atoms with Gasteiger partial charge in [-0.1, -0.05) is 6.07 Å². The number of ketones is 1. The highest BCUT2D eigenvalue weighted by atomic mass is 32.1. The highest BCUT2D eigenvalue weighted by Crippen LogP contribution is 2.46. The Balaban J connectivity index is 1.70. The van der Waals surface area contributed by atoms with Gasteiger partial charge in [0.25, 0.3) is 11.7 Å². The second-order valence-electron chi connectivity index (χ2n) is 8.64. The zero-order valence-corrected chi connectivity index (χ0v) is 20.1. The standard InChI is InChI=1S/C26H21F3N2O4S/c1-14-8-11-36-24(14)21-20(22(32)15-6-7-19-18(12-15)30(2)9-10-35-19)23(33)25(34)31(21)17-5-3-4-16(13-17)26(27,28)29/h3-8,11-13,21,32H,9-10H2,1-2H3/b22-20-. The van der Waals surface area contributed by atoms with E-state index in [9.17, 15) is 27.9 Å².